The molecule has 18 heavy (non-hydrogen) atoms. The average Bonchev–Trinajstić information content (AvgIpc) is 2.29. The summed E-state index contributed by atoms with van der Waals surface area (Å²) in [5.41, 5.74) is 5.80. The monoisotopic (exact) mass is 310 g/mol. The molecule has 1 saturated heterocycles. The lowest BCUT2D eigenvalue weighted by Gasteiger charge is -2.29. The standard InChI is InChI=1S/C11H15ClN2O2S.ClH/c12-9-3-1-5-11(7-9)17(15,16)14-6-2-4-10(13)8-14;/h1,3,5,7,10H,2,4,6,8,13H2;1H/t10-;/m1./s1. The Kier molecular flexibility index (Phi) is 5.43. The van der Waals surface area contributed by atoms with Crippen LogP contribution in [0, 0.1) is 0 Å². The summed E-state index contributed by atoms with van der Waals surface area (Å²) in [5.74, 6) is 0. The van der Waals surface area contributed by atoms with Crippen LogP contribution in [-0.4, -0.2) is 31.9 Å². The molecule has 0 spiro atoms. The summed E-state index contributed by atoms with van der Waals surface area (Å²) in [7, 11) is -3.45. The van der Waals surface area contributed by atoms with Crippen LogP contribution in [0.2, 0.25) is 5.02 Å². The largest absolute Gasteiger partial charge is 0.327 e. The quantitative estimate of drug-likeness (QED) is 0.907. The number of piperidine rings is 1. The summed E-state index contributed by atoms with van der Waals surface area (Å²) >= 11 is 5.81. The van der Waals surface area contributed by atoms with Crippen molar-refractivity contribution in [3.63, 3.8) is 0 Å². The van der Waals surface area contributed by atoms with Crippen LogP contribution in [0.1, 0.15) is 12.8 Å². The highest BCUT2D eigenvalue weighted by Crippen LogP contribution is 2.22. The molecule has 1 aromatic rings. The fourth-order valence-corrected chi connectivity index (χ4v) is 3.81. The first-order chi connectivity index (χ1) is 8.00. The van der Waals surface area contributed by atoms with Crippen LogP contribution in [0.25, 0.3) is 0 Å². The summed E-state index contributed by atoms with van der Waals surface area (Å²) in [6.45, 7) is 0.914. The fourth-order valence-electron chi connectivity index (χ4n) is 1.97. The molecule has 1 aromatic carbocycles. The number of halogens is 2. The van der Waals surface area contributed by atoms with Crippen molar-refractivity contribution in [2.45, 2.75) is 23.8 Å². The Bertz CT molecular complexity index is 508. The summed E-state index contributed by atoms with van der Waals surface area (Å²) in [5, 5.41) is 0.424. The summed E-state index contributed by atoms with van der Waals surface area (Å²) < 4.78 is 26.0. The van der Waals surface area contributed by atoms with E-state index in [9.17, 15) is 8.42 Å². The van der Waals surface area contributed by atoms with Crippen molar-refractivity contribution in [2.24, 2.45) is 5.73 Å². The molecule has 1 heterocycles. The van der Waals surface area contributed by atoms with Gasteiger partial charge in [0.15, 0.2) is 0 Å². The SMILES string of the molecule is Cl.N[C@@H]1CCCN(S(=O)(=O)c2cccc(Cl)c2)C1. The molecule has 0 radical (unpaired) electrons. The lowest BCUT2D eigenvalue weighted by atomic mass is 10.1. The Morgan fingerprint density at radius 3 is 2.72 bits per heavy atom. The van der Waals surface area contributed by atoms with Gasteiger partial charge in [0.25, 0.3) is 0 Å². The molecule has 0 amide bonds. The van der Waals surface area contributed by atoms with Crippen LogP contribution in [-0.2, 0) is 10.0 Å². The number of nitrogens with zero attached hydrogens (tertiary/aromatic N) is 1. The Labute approximate surface area is 119 Å². The first-order valence-corrected chi connectivity index (χ1v) is 7.33. The van der Waals surface area contributed by atoms with Crippen molar-refractivity contribution in [1.29, 1.82) is 0 Å². The zero-order valence-electron chi connectivity index (χ0n) is 9.75. The van der Waals surface area contributed by atoms with Gasteiger partial charge in [-0.3, -0.25) is 0 Å². The topological polar surface area (TPSA) is 63.4 Å². The number of rotatable bonds is 2. The van der Waals surface area contributed by atoms with Gasteiger partial charge in [-0.1, -0.05) is 17.7 Å². The number of benzene rings is 1. The molecule has 0 aliphatic carbocycles. The normalized spacial score (nSPS) is 21.3. The predicted molar refractivity (Wildman–Crippen MR) is 74.7 cm³/mol. The van der Waals surface area contributed by atoms with Gasteiger partial charge in [0.1, 0.15) is 0 Å². The van der Waals surface area contributed by atoms with Gasteiger partial charge in [-0.2, -0.15) is 4.31 Å². The molecule has 2 N–H and O–H groups in total. The molecule has 1 aliphatic rings. The van der Waals surface area contributed by atoms with E-state index in [4.69, 9.17) is 17.3 Å². The van der Waals surface area contributed by atoms with Crippen LogP contribution in [0.5, 0.6) is 0 Å². The highest BCUT2D eigenvalue weighted by molar-refractivity contribution is 7.89. The molecule has 0 aromatic heterocycles. The van der Waals surface area contributed by atoms with Gasteiger partial charge in [0.05, 0.1) is 4.90 Å². The lowest BCUT2D eigenvalue weighted by molar-refractivity contribution is 0.316. The minimum Gasteiger partial charge on any atom is -0.327 e. The lowest BCUT2D eigenvalue weighted by Crippen LogP contribution is -2.45. The maximum Gasteiger partial charge on any atom is 0.243 e. The summed E-state index contributed by atoms with van der Waals surface area (Å²) in [6, 6.07) is 6.25. The molecule has 4 nitrogen and oxygen atoms in total. The van der Waals surface area contributed by atoms with Crippen molar-refractivity contribution < 1.29 is 8.42 Å². The maximum atomic E-state index is 12.3. The first kappa shape index (κ1) is 15.7. The third-order valence-corrected chi connectivity index (χ3v) is 4.95. The van der Waals surface area contributed by atoms with E-state index in [0.29, 0.717) is 18.1 Å². The van der Waals surface area contributed by atoms with Gasteiger partial charge >= 0.3 is 0 Å². The second-order valence-corrected chi connectivity index (χ2v) is 6.60. The molecule has 0 saturated carbocycles. The molecule has 2 rings (SSSR count). The van der Waals surface area contributed by atoms with Gasteiger partial charge in [-0.25, -0.2) is 8.42 Å². The van der Waals surface area contributed by atoms with Gasteiger partial charge in [-0.05, 0) is 31.0 Å². The fraction of sp³-hybridized carbons (Fsp3) is 0.455. The second kappa shape index (κ2) is 6.21. The van der Waals surface area contributed by atoms with Crippen molar-refractivity contribution >= 4 is 34.0 Å². The third-order valence-electron chi connectivity index (χ3n) is 2.85. The molecule has 0 unspecified atom stereocenters. The summed E-state index contributed by atoms with van der Waals surface area (Å²) in [6.07, 6.45) is 1.68. The van der Waals surface area contributed by atoms with E-state index in [2.05, 4.69) is 0 Å². The Morgan fingerprint density at radius 2 is 2.11 bits per heavy atom. The molecule has 7 heteroatoms. The smallest absolute Gasteiger partial charge is 0.243 e. The Hall–Kier alpha value is -0.330. The number of hydrogen-bond acceptors (Lipinski definition) is 3. The first-order valence-electron chi connectivity index (χ1n) is 5.51. The second-order valence-electron chi connectivity index (χ2n) is 4.22. The minimum absolute atomic E-state index is 0. The molecule has 1 atom stereocenters. The van der Waals surface area contributed by atoms with E-state index in [1.165, 1.54) is 10.4 Å². The van der Waals surface area contributed by atoms with Gasteiger partial charge < -0.3 is 5.73 Å². The zero-order valence-corrected chi connectivity index (χ0v) is 12.1. The van der Waals surface area contributed by atoms with Gasteiger partial charge in [0, 0.05) is 24.2 Å². The number of nitrogens with two attached hydrogens (primary N) is 1. The van der Waals surface area contributed by atoms with Crippen molar-refractivity contribution in [2.75, 3.05) is 13.1 Å². The van der Waals surface area contributed by atoms with E-state index in [1.807, 2.05) is 0 Å². The third kappa shape index (κ3) is 3.36. The van der Waals surface area contributed by atoms with Crippen LogP contribution >= 0.6 is 24.0 Å². The molecule has 102 valence electrons. The number of sulfonamides is 1. The van der Waals surface area contributed by atoms with Crippen molar-refractivity contribution in [3.8, 4) is 0 Å². The molecule has 1 aliphatic heterocycles. The highest BCUT2D eigenvalue weighted by atomic mass is 35.5. The highest BCUT2D eigenvalue weighted by Gasteiger charge is 2.28. The molecule has 0 bridgehead atoms. The predicted octanol–water partition coefficient (Wildman–Crippen LogP) is 1.87. The van der Waals surface area contributed by atoms with Gasteiger partial charge in [0.2, 0.25) is 10.0 Å². The van der Waals surface area contributed by atoms with E-state index < -0.39 is 10.0 Å². The van der Waals surface area contributed by atoms with Crippen LogP contribution in [0.3, 0.4) is 0 Å². The van der Waals surface area contributed by atoms with E-state index in [0.717, 1.165) is 12.8 Å². The van der Waals surface area contributed by atoms with Crippen molar-refractivity contribution in [3.05, 3.63) is 29.3 Å². The summed E-state index contributed by atoms with van der Waals surface area (Å²) in [4.78, 5) is 0.235. The Balaban J connectivity index is 0.00000162. The van der Waals surface area contributed by atoms with Gasteiger partial charge in [-0.15, -0.1) is 12.4 Å². The average molecular weight is 311 g/mol. The van der Waals surface area contributed by atoms with E-state index in [1.54, 1.807) is 18.2 Å². The number of hydrogen-bond donors (Lipinski definition) is 1. The zero-order chi connectivity index (χ0) is 12.5. The maximum absolute atomic E-state index is 12.3. The van der Waals surface area contributed by atoms with Crippen LogP contribution in [0.4, 0.5) is 0 Å². The molecular weight excluding hydrogens is 295 g/mol. The molecular formula is C11H16Cl2N2O2S. The Morgan fingerprint density at radius 1 is 1.39 bits per heavy atom. The minimum atomic E-state index is -3.45. The van der Waals surface area contributed by atoms with Crippen LogP contribution in [0.15, 0.2) is 29.2 Å². The van der Waals surface area contributed by atoms with E-state index >= 15 is 0 Å². The molecule has 1 fully saturated rings. The van der Waals surface area contributed by atoms with Crippen LogP contribution < -0.4 is 5.73 Å². The van der Waals surface area contributed by atoms with E-state index in [-0.39, 0.29) is 23.3 Å². The van der Waals surface area contributed by atoms with Crippen molar-refractivity contribution in [1.82, 2.24) is 4.31 Å².